The fourth-order valence-corrected chi connectivity index (χ4v) is 2.37. The molecule has 0 atom stereocenters. The second-order valence-corrected chi connectivity index (χ2v) is 5.75. The van der Waals surface area contributed by atoms with Gasteiger partial charge in [-0.2, -0.15) is 13.2 Å². The minimum Gasteiger partial charge on any atom is -0.355 e. The van der Waals surface area contributed by atoms with Crippen LogP contribution < -0.4 is 16.0 Å². The SMILES string of the molecule is CN=C(NCc1ccc(C(=O)NC)cc1)NCc1cccc(C(F)(F)F)c1.I. The Hall–Kier alpha value is -2.30. The second kappa shape index (κ2) is 10.9. The first-order valence-corrected chi connectivity index (χ1v) is 8.25. The smallest absolute Gasteiger partial charge is 0.355 e. The van der Waals surface area contributed by atoms with E-state index in [1.165, 1.54) is 6.07 Å². The van der Waals surface area contributed by atoms with Crippen molar-refractivity contribution >= 4 is 35.8 Å². The molecule has 0 spiro atoms. The normalized spacial score (nSPS) is 11.4. The third-order valence-electron chi connectivity index (χ3n) is 3.84. The number of carbonyl (C=O) groups is 1. The van der Waals surface area contributed by atoms with Crippen molar-refractivity contribution in [3.8, 4) is 0 Å². The molecule has 2 aromatic rings. The lowest BCUT2D eigenvalue weighted by Gasteiger charge is -2.13. The molecule has 0 unspecified atom stereocenters. The van der Waals surface area contributed by atoms with Crippen LogP contribution in [0.2, 0.25) is 0 Å². The molecule has 0 heterocycles. The Balaban J connectivity index is 0.00000392. The summed E-state index contributed by atoms with van der Waals surface area (Å²) in [5.74, 6) is 0.302. The van der Waals surface area contributed by atoms with Crippen LogP contribution in [0.1, 0.15) is 27.0 Å². The highest BCUT2D eigenvalue weighted by Crippen LogP contribution is 2.29. The molecule has 0 fully saturated rings. The summed E-state index contributed by atoms with van der Waals surface area (Å²) in [7, 11) is 3.15. The number of hydrogen-bond donors (Lipinski definition) is 3. The molecule has 0 bridgehead atoms. The van der Waals surface area contributed by atoms with E-state index < -0.39 is 11.7 Å². The summed E-state index contributed by atoms with van der Waals surface area (Å²) in [6.07, 6.45) is -4.36. The van der Waals surface area contributed by atoms with Crippen LogP contribution in [0, 0.1) is 0 Å². The van der Waals surface area contributed by atoms with Crippen molar-refractivity contribution in [1.29, 1.82) is 0 Å². The number of guanidine groups is 1. The van der Waals surface area contributed by atoms with Crippen LogP contribution in [0.4, 0.5) is 13.2 Å². The molecule has 2 aromatic carbocycles. The van der Waals surface area contributed by atoms with E-state index in [-0.39, 0.29) is 36.4 Å². The van der Waals surface area contributed by atoms with E-state index in [1.54, 1.807) is 32.3 Å². The molecule has 0 saturated heterocycles. The lowest BCUT2D eigenvalue weighted by atomic mass is 10.1. The first-order valence-electron chi connectivity index (χ1n) is 8.25. The second-order valence-electron chi connectivity index (χ2n) is 5.75. The van der Waals surface area contributed by atoms with Crippen LogP contribution in [-0.2, 0) is 19.3 Å². The van der Waals surface area contributed by atoms with Gasteiger partial charge in [0, 0.05) is 32.7 Å². The molecule has 0 aliphatic rings. The summed E-state index contributed by atoms with van der Waals surface area (Å²) in [4.78, 5) is 15.6. The van der Waals surface area contributed by atoms with E-state index in [0.717, 1.165) is 17.7 Å². The first-order chi connectivity index (χ1) is 12.8. The van der Waals surface area contributed by atoms with Gasteiger partial charge in [0.1, 0.15) is 0 Å². The Labute approximate surface area is 178 Å². The maximum atomic E-state index is 12.8. The molecule has 2 rings (SSSR count). The van der Waals surface area contributed by atoms with Crippen LogP contribution in [0.15, 0.2) is 53.5 Å². The summed E-state index contributed by atoms with van der Waals surface area (Å²) < 4.78 is 38.3. The number of nitrogens with one attached hydrogen (secondary N) is 3. The average molecular weight is 506 g/mol. The summed E-state index contributed by atoms with van der Waals surface area (Å²) >= 11 is 0. The Morgan fingerprint density at radius 1 is 1.00 bits per heavy atom. The van der Waals surface area contributed by atoms with Crippen LogP contribution in [0.25, 0.3) is 0 Å². The van der Waals surface area contributed by atoms with Gasteiger partial charge in [-0.25, -0.2) is 0 Å². The van der Waals surface area contributed by atoms with E-state index in [0.29, 0.717) is 23.6 Å². The Morgan fingerprint density at radius 3 is 2.14 bits per heavy atom. The highest BCUT2D eigenvalue weighted by atomic mass is 127. The quantitative estimate of drug-likeness (QED) is 0.330. The number of halogens is 4. The van der Waals surface area contributed by atoms with Gasteiger partial charge in [0.2, 0.25) is 0 Å². The number of hydrogen-bond acceptors (Lipinski definition) is 2. The van der Waals surface area contributed by atoms with E-state index in [4.69, 9.17) is 0 Å². The molecule has 0 aromatic heterocycles. The number of aliphatic imine (C=N–C) groups is 1. The summed E-state index contributed by atoms with van der Waals surface area (Å²) in [5, 5.41) is 8.61. The number of carbonyl (C=O) groups excluding carboxylic acids is 1. The first kappa shape index (κ1) is 23.7. The Kier molecular flexibility index (Phi) is 9.23. The molecule has 1 amide bonds. The van der Waals surface area contributed by atoms with Crippen LogP contribution in [0.3, 0.4) is 0 Å². The lowest BCUT2D eigenvalue weighted by molar-refractivity contribution is -0.137. The highest BCUT2D eigenvalue weighted by Gasteiger charge is 2.30. The lowest BCUT2D eigenvalue weighted by Crippen LogP contribution is -2.36. The summed E-state index contributed by atoms with van der Waals surface area (Å²) in [6, 6.07) is 12.2. The van der Waals surface area contributed by atoms with E-state index in [2.05, 4.69) is 20.9 Å². The number of amides is 1. The fraction of sp³-hybridized carbons (Fsp3) is 0.263. The predicted molar refractivity (Wildman–Crippen MR) is 114 cm³/mol. The molecular weight excluding hydrogens is 484 g/mol. The third-order valence-corrected chi connectivity index (χ3v) is 3.84. The van der Waals surface area contributed by atoms with Gasteiger partial charge in [0.15, 0.2) is 5.96 Å². The van der Waals surface area contributed by atoms with Gasteiger partial charge in [-0.05, 0) is 35.4 Å². The van der Waals surface area contributed by atoms with Crippen LogP contribution in [0.5, 0.6) is 0 Å². The predicted octanol–water partition coefficient (Wildman–Crippen LogP) is 3.55. The molecule has 0 saturated carbocycles. The van der Waals surface area contributed by atoms with Gasteiger partial charge < -0.3 is 16.0 Å². The zero-order chi connectivity index (χ0) is 19.9. The number of nitrogens with zero attached hydrogens (tertiary/aromatic N) is 1. The zero-order valence-electron chi connectivity index (χ0n) is 15.4. The van der Waals surface area contributed by atoms with Gasteiger partial charge in [-0.3, -0.25) is 9.79 Å². The molecule has 0 radical (unpaired) electrons. The Morgan fingerprint density at radius 2 is 1.61 bits per heavy atom. The number of benzene rings is 2. The molecule has 0 aliphatic carbocycles. The third kappa shape index (κ3) is 7.02. The molecule has 9 heteroatoms. The topological polar surface area (TPSA) is 65.5 Å². The van der Waals surface area contributed by atoms with E-state index >= 15 is 0 Å². The van der Waals surface area contributed by atoms with Crippen molar-refractivity contribution in [2.45, 2.75) is 19.3 Å². The zero-order valence-corrected chi connectivity index (χ0v) is 17.8. The van der Waals surface area contributed by atoms with Gasteiger partial charge in [-0.1, -0.05) is 24.3 Å². The minimum absolute atomic E-state index is 0. The number of rotatable bonds is 5. The van der Waals surface area contributed by atoms with Crippen molar-refractivity contribution < 1.29 is 18.0 Å². The van der Waals surface area contributed by atoms with Crippen molar-refractivity contribution in [2.75, 3.05) is 14.1 Å². The molecule has 28 heavy (non-hydrogen) atoms. The molecule has 5 nitrogen and oxygen atoms in total. The Bertz CT molecular complexity index is 808. The summed E-state index contributed by atoms with van der Waals surface area (Å²) in [5.41, 5.74) is 1.32. The largest absolute Gasteiger partial charge is 0.416 e. The van der Waals surface area contributed by atoms with Crippen molar-refractivity contribution in [3.63, 3.8) is 0 Å². The van der Waals surface area contributed by atoms with E-state index in [1.807, 2.05) is 12.1 Å². The van der Waals surface area contributed by atoms with Crippen LogP contribution >= 0.6 is 24.0 Å². The van der Waals surface area contributed by atoms with E-state index in [9.17, 15) is 18.0 Å². The maximum Gasteiger partial charge on any atom is 0.416 e. The summed E-state index contributed by atoms with van der Waals surface area (Å²) in [6.45, 7) is 0.662. The van der Waals surface area contributed by atoms with Gasteiger partial charge >= 0.3 is 6.18 Å². The van der Waals surface area contributed by atoms with Gasteiger partial charge in [0.05, 0.1) is 5.56 Å². The maximum absolute atomic E-state index is 12.8. The molecule has 152 valence electrons. The van der Waals surface area contributed by atoms with Crippen molar-refractivity contribution in [1.82, 2.24) is 16.0 Å². The van der Waals surface area contributed by atoms with Crippen LogP contribution in [-0.4, -0.2) is 26.0 Å². The monoisotopic (exact) mass is 506 g/mol. The number of alkyl halides is 3. The van der Waals surface area contributed by atoms with Gasteiger partial charge in [0.25, 0.3) is 5.91 Å². The molecule has 3 N–H and O–H groups in total. The average Bonchev–Trinajstić information content (AvgIpc) is 2.67. The minimum atomic E-state index is -4.36. The standard InChI is InChI=1S/C19H21F3N4O.HI/c1-23-17(27)15-8-6-13(7-9-15)11-25-18(24-2)26-12-14-4-3-5-16(10-14)19(20,21)22;/h3-10H,11-12H2,1-2H3,(H,23,27)(H2,24,25,26);1H. The van der Waals surface area contributed by atoms with Gasteiger partial charge in [-0.15, -0.1) is 24.0 Å². The van der Waals surface area contributed by atoms with Crippen molar-refractivity contribution in [2.24, 2.45) is 4.99 Å². The molecular formula is C19H22F3IN4O. The van der Waals surface area contributed by atoms with Crippen molar-refractivity contribution in [3.05, 3.63) is 70.8 Å². The molecule has 0 aliphatic heterocycles. The fourth-order valence-electron chi connectivity index (χ4n) is 2.37. The highest BCUT2D eigenvalue weighted by molar-refractivity contribution is 14.0.